The lowest BCUT2D eigenvalue weighted by Gasteiger charge is -2.32. The zero-order valence-electron chi connectivity index (χ0n) is 47.7. The number of carboxylic acid groups (broad SMARTS) is 6. The molecule has 0 radical (unpaired) electrons. The third-order valence-electron chi connectivity index (χ3n) is 13.0. The highest BCUT2D eigenvalue weighted by molar-refractivity contribution is 6.62. The van der Waals surface area contributed by atoms with Gasteiger partial charge in [-0.3, -0.25) is 21.3 Å². The standard InChI is InChI=1S/C62H57BN4O22/c1-61(2)62(3,4)89-63(88-61)46-16-5-39(6-17-46)32-84-60(83)67-56-44(34-86-58(81)65-48-19-8-37(11-22-51(70)71)28-42(48)14-25-54(76)77)30-40(33-85-57(80)64-47-18-7-36(10-21-50(68)69)27-41(47)13-24-53(74)75)31-45(56)35-87-59(82)66-49-20-9-38(12-23-52(72)73)29-43(49)15-26-55(78)79/h5-31H,32-35H2,1-4H3,(H,64,80)(H,65,81)(H,66,82)(H,67,83)(H,68,69)(H,70,71)(H,72,73)(H,74,75)(H,76,77)(H,78,79)/b21-10+,22-11+,23-12+,24-13+,25-14+,26-15+. The molecule has 27 heteroatoms. The van der Waals surface area contributed by atoms with Crippen molar-refractivity contribution < 1.29 is 107 Å². The zero-order valence-corrected chi connectivity index (χ0v) is 47.7. The van der Waals surface area contributed by atoms with Crippen molar-refractivity contribution in [3.05, 3.63) is 183 Å². The summed E-state index contributed by atoms with van der Waals surface area (Å²) in [6, 6.07) is 22.0. The molecule has 460 valence electrons. The highest BCUT2D eigenvalue weighted by Gasteiger charge is 2.51. The van der Waals surface area contributed by atoms with Gasteiger partial charge in [0, 0.05) is 47.6 Å². The molecule has 0 saturated carbocycles. The van der Waals surface area contributed by atoms with Crippen LogP contribution in [0, 0.1) is 0 Å². The van der Waals surface area contributed by atoms with Gasteiger partial charge in [-0.25, -0.2) is 47.9 Å². The van der Waals surface area contributed by atoms with Crippen molar-refractivity contribution in [2.75, 3.05) is 21.3 Å². The molecule has 1 aliphatic heterocycles. The van der Waals surface area contributed by atoms with Crippen LogP contribution in [0.15, 0.2) is 127 Å². The van der Waals surface area contributed by atoms with Crippen molar-refractivity contribution in [1.82, 2.24) is 0 Å². The Bertz CT molecular complexity index is 3620. The van der Waals surface area contributed by atoms with Crippen LogP contribution in [0.4, 0.5) is 41.9 Å². The van der Waals surface area contributed by atoms with Crippen LogP contribution in [0.25, 0.3) is 36.5 Å². The Morgan fingerprint density at radius 3 is 1.03 bits per heavy atom. The van der Waals surface area contributed by atoms with Crippen molar-refractivity contribution in [2.24, 2.45) is 0 Å². The van der Waals surface area contributed by atoms with Gasteiger partial charge in [0.15, 0.2) is 0 Å². The number of nitrogens with one attached hydrogen (secondary N) is 4. The summed E-state index contributed by atoms with van der Waals surface area (Å²) in [6.45, 7) is 5.25. The van der Waals surface area contributed by atoms with Gasteiger partial charge in [0.05, 0.1) is 34.0 Å². The number of anilines is 4. The summed E-state index contributed by atoms with van der Waals surface area (Å²) in [4.78, 5) is 123. The Morgan fingerprint density at radius 2 is 0.697 bits per heavy atom. The molecule has 0 unspecified atom stereocenters. The number of aliphatic carboxylic acids is 6. The van der Waals surface area contributed by atoms with Crippen LogP contribution in [0.5, 0.6) is 0 Å². The second-order valence-electron chi connectivity index (χ2n) is 20.0. The van der Waals surface area contributed by atoms with Gasteiger partial charge in [-0.15, -0.1) is 0 Å². The van der Waals surface area contributed by atoms with Crippen LogP contribution < -0.4 is 26.7 Å². The summed E-state index contributed by atoms with van der Waals surface area (Å²) in [5, 5.41) is 65.6. The number of hydrogen-bond acceptors (Lipinski definition) is 16. The van der Waals surface area contributed by atoms with E-state index in [0.29, 0.717) is 27.7 Å². The molecule has 5 aromatic rings. The van der Waals surface area contributed by atoms with Gasteiger partial charge in [-0.05, 0) is 163 Å². The molecule has 1 saturated heterocycles. The number of rotatable bonds is 25. The molecule has 10 N–H and O–H groups in total. The topological polar surface area (TPSA) is 396 Å². The maximum atomic E-state index is 13.9. The number of benzene rings is 5. The average molecular weight is 1220 g/mol. The van der Waals surface area contributed by atoms with Gasteiger partial charge in [0.1, 0.15) is 26.4 Å². The van der Waals surface area contributed by atoms with Crippen LogP contribution >= 0.6 is 0 Å². The molecule has 0 spiro atoms. The smallest absolute Gasteiger partial charge is 0.478 e. The van der Waals surface area contributed by atoms with Gasteiger partial charge in [0.25, 0.3) is 0 Å². The number of carbonyl (C=O) groups is 10. The Hall–Kier alpha value is -11.6. The number of amides is 4. The van der Waals surface area contributed by atoms with Gasteiger partial charge in [-0.2, -0.15) is 0 Å². The fourth-order valence-corrected chi connectivity index (χ4v) is 8.02. The van der Waals surface area contributed by atoms with Crippen molar-refractivity contribution in [3.63, 3.8) is 0 Å². The molecule has 26 nitrogen and oxygen atoms in total. The Balaban J connectivity index is 1.36. The van der Waals surface area contributed by atoms with Crippen LogP contribution in [-0.4, -0.2) is 109 Å². The summed E-state index contributed by atoms with van der Waals surface area (Å²) in [6.07, 6.45) is 7.40. The maximum absolute atomic E-state index is 13.9. The van der Waals surface area contributed by atoms with E-state index in [9.17, 15) is 63.3 Å². The first-order chi connectivity index (χ1) is 42.1. The van der Waals surface area contributed by atoms with Crippen molar-refractivity contribution in [2.45, 2.75) is 65.3 Å². The summed E-state index contributed by atoms with van der Waals surface area (Å²) in [7, 11) is -0.686. The van der Waals surface area contributed by atoms with E-state index in [-0.39, 0.29) is 62.7 Å². The molecule has 0 aromatic heterocycles. The Kier molecular flexibility index (Phi) is 22.8. The van der Waals surface area contributed by atoms with E-state index in [1.54, 1.807) is 24.3 Å². The summed E-state index contributed by atoms with van der Waals surface area (Å²) >= 11 is 0. The third kappa shape index (κ3) is 20.9. The van der Waals surface area contributed by atoms with Crippen LogP contribution in [0.1, 0.15) is 83.3 Å². The first-order valence-electron chi connectivity index (χ1n) is 26.3. The second kappa shape index (κ2) is 30.5. The quantitative estimate of drug-likeness (QED) is 0.0148. The lowest BCUT2D eigenvalue weighted by Crippen LogP contribution is -2.41. The monoisotopic (exact) mass is 1220 g/mol. The molecule has 1 heterocycles. The largest absolute Gasteiger partial charge is 0.494 e. The summed E-state index contributed by atoms with van der Waals surface area (Å²) in [5.41, 5.74) is 1.10. The molecule has 0 bridgehead atoms. The maximum Gasteiger partial charge on any atom is 0.494 e. The van der Waals surface area contributed by atoms with Crippen molar-refractivity contribution in [3.8, 4) is 0 Å². The number of carbonyl (C=O) groups excluding carboxylic acids is 4. The SMILES string of the molecule is CC1(C)OB(c2ccc(COC(=O)Nc3c(COC(=O)Nc4ccc(/C=C/C(=O)O)cc4/C=C/C(=O)O)cc(COC(=O)Nc4ccc(/C=C/C(=O)O)cc4/C=C/C(=O)O)cc3COC(=O)Nc3ccc(/C=C/C(=O)O)cc3/C=C/C(=O)O)cc2)OC1(C)C. The molecule has 0 aliphatic carbocycles. The lowest BCUT2D eigenvalue weighted by molar-refractivity contribution is -0.132. The molecular weight excluding hydrogens is 1160 g/mol. The predicted octanol–water partition coefficient (Wildman–Crippen LogP) is 9.57. The first kappa shape index (κ1) is 66.6. The minimum absolute atomic E-state index is 0.000109. The van der Waals surface area contributed by atoms with Crippen LogP contribution in [0.3, 0.4) is 0 Å². The number of ether oxygens (including phenoxy) is 4. The van der Waals surface area contributed by atoms with Crippen LogP contribution in [0.2, 0.25) is 0 Å². The molecule has 4 amide bonds. The highest BCUT2D eigenvalue weighted by atomic mass is 16.7. The summed E-state index contributed by atoms with van der Waals surface area (Å²) < 4.78 is 34.8. The molecular formula is C62H57BN4O22. The predicted molar refractivity (Wildman–Crippen MR) is 323 cm³/mol. The van der Waals surface area contributed by atoms with E-state index < -0.39 is 98.3 Å². The van der Waals surface area contributed by atoms with E-state index in [0.717, 1.165) is 54.7 Å². The van der Waals surface area contributed by atoms with Crippen molar-refractivity contribution >= 4 is 132 Å². The number of hydrogen-bond donors (Lipinski definition) is 10. The molecule has 0 atom stereocenters. The average Bonchev–Trinajstić information content (AvgIpc) is 2.15. The van der Waals surface area contributed by atoms with E-state index in [2.05, 4.69) is 21.3 Å². The third-order valence-corrected chi connectivity index (χ3v) is 13.0. The summed E-state index contributed by atoms with van der Waals surface area (Å²) in [5.74, 6) is -7.83. The fourth-order valence-electron chi connectivity index (χ4n) is 8.02. The minimum atomic E-state index is -1.35. The fraction of sp³-hybridized carbons (Fsp3) is 0.161. The lowest BCUT2D eigenvalue weighted by atomic mass is 9.79. The number of carboxylic acids is 6. The Labute approximate surface area is 506 Å². The Morgan fingerprint density at radius 1 is 0.393 bits per heavy atom. The molecule has 1 fully saturated rings. The van der Waals surface area contributed by atoms with Gasteiger partial charge >= 0.3 is 67.3 Å². The second-order valence-corrected chi connectivity index (χ2v) is 20.0. The van der Waals surface area contributed by atoms with E-state index >= 15 is 0 Å². The molecule has 1 aliphatic rings. The molecule has 5 aromatic carbocycles. The first-order valence-corrected chi connectivity index (χ1v) is 26.3. The van der Waals surface area contributed by atoms with Gasteiger partial charge in [0.2, 0.25) is 0 Å². The highest BCUT2D eigenvalue weighted by Crippen LogP contribution is 2.37. The van der Waals surface area contributed by atoms with E-state index in [1.165, 1.54) is 85.0 Å². The zero-order chi connectivity index (χ0) is 65.0. The van der Waals surface area contributed by atoms with E-state index in [4.69, 9.17) is 43.6 Å². The van der Waals surface area contributed by atoms with E-state index in [1.807, 2.05) is 27.7 Å². The molecule has 89 heavy (non-hydrogen) atoms. The minimum Gasteiger partial charge on any atom is -0.478 e. The molecule has 6 rings (SSSR count). The van der Waals surface area contributed by atoms with Gasteiger partial charge in [-0.1, -0.05) is 42.5 Å². The van der Waals surface area contributed by atoms with Gasteiger partial charge < -0.3 is 58.9 Å². The normalized spacial score (nSPS) is 13.4. The van der Waals surface area contributed by atoms with Crippen molar-refractivity contribution in [1.29, 1.82) is 0 Å². The van der Waals surface area contributed by atoms with Crippen LogP contribution in [-0.2, 0) is 83.5 Å².